The van der Waals surface area contributed by atoms with Crippen molar-refractivity contribution in [1.82, 2.24) is 15.4 Å². The molecule has 0 aromatic carbocycles. The monoisotopic (exact) mass is 270 g/mol. The number of carboxylic acid groups (broad SMARTS) is 1. The molecule has 0 atom stereocenters. The number of carbonyl (C=O) groups is 3. The maximum atomic E-state index is 11.7. The number of carbonyl (C=O) groups excluding carboxylic acids is 2. The number of urea groups is 1. The van der Waals surface area contributed by atoms with E-state index in [1.54, 1.807) is 13.0 Å². The summed E-state index contributed by atoms with van der Waals surface area (Å²) in [7, 11) is 0. The zero-order valence-corrected chi connectivity index (χ0v) is 10.3. The molecule has 1 aromatic rings. The summed E-state index contributed by atoms with van der Waals surface area (Å²) in [5, 5.41) is 14.7. The first-order chi connectivity index (χ1) is 8.88. The van der Waals surface area contributed by atoms with Gasteiger partial charge in [-0.1, -0.05) is 5.16 Å². The van der Waals surface area contributed by atoms with Crippen LogP contribution < -0.4 is 11.1 Å². The van der Waals surface area contributed by atoms with E-state index in [1.807, 2.05) is 0 Å². The minimum atomic E-state index is -1.24. The van der Waals surface area contributed by atoms with E-state index in [9.17, 15) is 14.4 Å². The molecule has 0 unspecified atom stereocenters. The third-order valence-electron chi connectivity index (χ3n) is 2.06. The molecule has 9 nitrogen and oxygen atoms in total. The van der Waals surface area contributed by atoms with Gasteiger partial charge in [-0.15, -0.1) is 0 Å². The van der Waals surface area contributed by atoms with E-state index in [-0.39, 0.29) is 6.54 Å². The van der Waals surface area contributed by atoms with Crippen molar-refractivity contribution >= 4 is 17.9 Å². The second kappa shape index (κ2) is 6.38. The van der Waals surface area contributed by atoms with Crippen molar-refractivity contribution in [2.75, 3.05) is 13.1 Å². The van der Waals surface area contributed by atoms with E-state index in [1.165, 1.54) is 0 Å². The molecule has 3 amide bonds. The minimum Gasteiger partial charge on any atom is -0.480 e. The fraction of sp³-hybridized carbons (Fsp3) is 0.400. The Labute approximate surface area is 108 Å². The molecule has 4 N–H and O–H groups in total. The molecule has 19 heavy (non-hydrogen) atoms. The van der Waals surface area contributed by atoms with Gasteiger partial charge in [0.15, 0.2) is 0 Å². The molecule has 0 aliphatic carbocycles. The smallest absolute Gasteiger partial charge is 0.323 e. The van der Waals surface area contributed by atoms with Crippen LogP contribution >= 0.6 is 0 Å². The van der Waals surface area contributed by atoms with Crippen molar-refractivity contribution in [2.24, 2.45) is 5.73 Å². The molecule has 0 saturated heterocycles. The predicted octanol–water partition coefficient (Wildman–Crippen LogP) is -0.935. The van der Waals surface area contributed by atoms with Crippen LogP contribution in [-0.4, -0.2) is 46.2 Å². The summed E-state index contributed by atoms with van der Waals surface area (Å²) in [6.07, 6.45) is 0. The number of carboxylic acids is 1. The lowest BCUT2D eigenvalue weighted by Crippen LogP contribution is -2.46. The Bertz CT molecular complexity index is 468. The van der Waals surface area contributed by atoms with Crippen LogP contribution in [0.15, 0.2) is 10.6 Å². The van der Waals surface area contributed by atoms with Crippen molar-refractivity contribution < 1.29 is 24.0 Å². The van der Waals surface area contributed by atoms with Crippen LogP contribution in [0, 0.1) is 6.92 Å². The number of hydrogen-bond acceptors (Lipinski definition) is 5. The van der Waals surface area contributed by atoms with E-state index in [0.29, 0.717) is 11.5 Å². The first kappa shape index (κ1) is 14.5. The molecular formula is C10H14N4O5. The van der Waals surface area contributed by atoms with Crippen LogP contribution in [0.5, 0.6) is 0 Å². The largest absolute Gasteiger partial charge is 0.480 e. The first-order valence-corrected chi connectivity index (χ1v) is 5.33. The molecule has 1 heterocycles. The zero-order valence-electron chi connectivity index (χ0n) is 10.3. The van der Waals surface area contributed by atoms with E-state index in [0.717, 1.165) is 4.90 Å². The number of hydrogen-bond donors (Lipinski definition) is 3. The van der Waals surface area contributed by atoms with Crippen LogP contribution in [-0.2, 0) is 16.1 Å². The SMILES string of the molecule is Cc1cc(CNC(=O)N(CC(N)=O)CC(=O)O)no1. The van der Waals surface area contributed by atoms with Gasteiger partial charge in [0.2, 0.25) is 5.91 Å². The normalized spacial score (nSPS) is 9.95. The number of nitrogens with one attached hydrogen (secondary N) is 1. The Morgan fingerprint density at radius 1 is 1.47 bits per heavy atom. The fourth-order valence-corrected chi connectivity index (χ4v) is 1.33. The van der Waals surface area contributed by atoms with Crippen molar-refractivity contribution in [3.63, 3.8) is 0 Å². The van der Waals surface area contributed by atoms with E-state index < -0.39 is 31.0 Å². The van der Waals surface area contributed by atoms with Crippen LogP contribution in [0.2, 0.25) is 0 Å². The maximum Gasteiger partial charge on any atom is 0.323 e. The van der Waals surface area contributed by atoms with Gasteiger partial charge in [-0.3, -0.25) is 9.59 Å². The predicted molar refractivity (Wildman–Crippen MR) is 61.9 cm³/mol. The van der Waals surface area contributed by atoms with Crippen LogP contribution in [0.25, 0.3) is 0 Å². The molecular weight excluding hydrogens is 256 g/mol. The van der Waals surface area contributed by atoms with Gasteiger partial charge in [-0.05, 0) is 6.92 Å². The third-order valence-corrected chi connectivity index (χ3v) is 2.06. The Morgan fingerprint density at radius 2 is 2.16 bits per heavy atom. The van der Waals surface area contributed by atoms with Gasteiger partial charge in [0.05, 0.1) is 6.54 Å². The molecule has 0 spiro atoms. The lowest BCUT2D eigenvalue weighted by Gasteiger charge is -2.18. The Balaban J connectivity index is 2.55. The number of aromatic nitrogens is 1. The molecule has 0 bridgehead atoms. The zero-order chi connectivity index (χ0) is 14.4. The summed E-state index contributed by atoms with van der Waals surface area (Å²) in [6, 6.07) is 0.900. The molecule has 0 aliphatic rings. The third kappa shape index (κ3) is 5.06. The van der Waals surface area contributed by atoms with Crippen LogP contribution in [0.4, 0.5) is 4.79 Å². The molecule has 1 rings (SSSR count). The van der Waals surface area contributed by atoms with Gasteiger partial charge in [-0.2, -0.15) is 0 Å². The highest BCUT2D eigenvalue weighted by Crippen LogP contribution is 2.01. The molecule has 0 saturated carbocycles. The number of nitrogens with two attached hydrogens (primary N) is 1. The van der Waals surface area contributed by atoms with E-state index in [4.69, 9.17) is 15.4 Å². The average Bonchev–Trinajstić information content (AvgIpc) is 2.70. The van der Waals surface area contributed by atoms with Crippen LogP contribution in [0.1, 0.15) is 11.5 Å². The van der Waals surface area contributed by atoms with Crippen molar-refractivity contribution in [3.8, 4) is 0 Å². The van der Waals surface area contributed by atoms with Crippen molar-refractivity contribution in [3.05, 3.63) is 17.5 Å². The summed E-state index contributed by atoms with van der Waals surface area (Å²) < 4.78 is 4.80. The van der Waals surface area contributed by atoms with Gasteiger partial charge in [0, 0.05) is 6.07 Å². The minimum absolute atomic E-state index is 0.0606. The lowest BCUT2D eigenvalue weighted by atomic mass is 10.4. The Morgan fingerprint density at radius 3 is 2.63 bits per heavy atom. The van der Waals surface area contributed by atoms with Gasteiger partial charge < -0.3 is 25.6 Å². The first-order valence-electron chi connectivity index (χ1n) is 5.33. The summed E-state index contributed by atoms with van der Waals surface area (Å²) in [6.45, 7) is 0.662. The second-order valence-corrected chi connectivity index (χ2v) is 3.80. The maximum absolute atomic E-state index is 11.7. The summed E-state index contributed by atoms with van der Waals surface area (Å²) in [5.41, 5.74) is 5.42. The van der Waals surface area contributed by atoms with Gasteiger partial charge in [0.25, 0.3) is 0 Å². The molecule has 0 fully saturated rings. The van der Waals surface area contributed by atoms with Crippen molar-refractivity contribution in [1.29, 1.82) is 0 Å². The molecule has 104 valence electrons. The highest BCUT2D eigenvalue weighted by molar-refractivity contribution is 5.85. The van der Waals surface area contributed by atoms with Crippen molar-refractivity contribution in [2.45, 2.75) is 13.5 Å². The van der Waals surface area contributed by atoms with Gasteiger partial charge in [0.1, 0.15) is 24.5 Å². The van der Waals surface area contributed by atoms with E-state index in [2.05, 4.69) is 10.5 Å². The summed E-state index contributed by atoms with van der Waals surface area (Å²) in [5.74, 6) is -1.45. The van der Waals surface area contributed by atoms with Gasteiger partial charge >= 0.3 is 12.0 Å². The molecule has 9 heteroatoms. The highest BCUT2D eigenvalue weighted by Gasteiger charge is 2.18. The van der Waals surface area contributed by atoms with Crippen LogP contribution in [0.3, 0.4) is 0 Å². The topological polar surface area (TPSA) is 139 Å². The number of primary amides is 1. The number of rotatable bonds is 6. The number of aryl methyl sites for hydroxylation is 1. The van der Waals surface area contributed by atoms with Gasteiger partial charge in [-0.25, -0.2) is 4.79 Å². The lowest BCUT2D eigenvalue weighted by molar-refractivity contribution is -0.137. The average molecular weight is 270 g/mol. The molecule has 0 aliphatic heterocycles. The summed E-state index contributed by atoms with van der Waals surface area (Å²) >= 11 is 0. The highest BCUT2D eigenvalue weighted by atomic mass is 16.5. The molecule has 1 aromatic heterocycles. The second-order valence-electron chi connectivity index (χ2n) is 3.80. The fourth-order valence-electron chi connectivity index (χ4n) is 1.33. The standard InChI is InChI=1S/C10H14N4O5/c1-6-2-7(13-19-6)3-12-10(18)14(4-8(11)15)5-9(16)17/h2H,3-5H2,1H3,(H2,11,15)(H,12,18)(H,16,17). The number of nitrogens with zero attached hydrogens (tertiary/aromatic N) is 2. The number of amides is 3. The van der Waals surface area contributed by atoms with E-state index >= 15 is 0 Å². The molecule has 0 radical (unpaired) electrons. The number of aliphatic carboxylic acids is 1. The Kier molecular flexibility index (Phi) is 4.86. The quantitative estimate of drug-likeness (QED) is 0.610. The summed E-state index contributed by atoms with van der Waals surface area (Å²) in [4.78, 5) is 33.8. The Hall–Kier alpha value is -2.58.